The fourth-order valence-corrected chi connectivity index (χ4v) is 3.19. The highest BCUT2D eigenvalue weighted by Gasteiger charge is 2.24. The maximum Gasteiger partial charge on any atom is 0.260 e. The minimum Gasteiger partial charge on any atom is -0.326 e. The minimum atomic E-state index is -3.58. The van der Waals surface area contributed by atoms with Gasteiger partial charge in [0.2, 0.25) is 0 Å². The predicted molar refractivity (Wildman–Crippen MR) is 65.9 cm³/mol. The normalized spacial score (nSPS) is 13.9. The van der Waals surface area contributed by atoms with Crippen LogP contribution in [0.1, 0.15) is 37.9 Å². The molecule has 4 N–H and O–H groups in total. The molecule has 1 aromatic rings. The van der Waals surface area contributed by atoms with Crippen LogP contribution in [0.2, 0.25) is 0 Å². The van der Waals surface area contributed by atoms with Gasteiger partial charge in [-0.25, -0.2) is 13.1 Å². The van der Waals surface area contributed by atoms with Crippen molar-refractivity contribution < 1.29 is 8.42 Å². The first-order valence-corrected chi connectivity index (χ1v) is 7.17. The van der Waals surface area contributed by atoms with Gasteiger partial charge in [-0.15, -0.1) is 0 Å². The van der Waals surface area contributed by atoms with Gasteiger partial charge in [-0.1, -0.05) is 13.3 Å². The fourth-order valence-electron chi connectivity index (χ4n) is 1.71. The molecule has 0 spiro atoms. The summed E-state index contributed by atoms with van der Waals surface area (Å²) in [6.45, 7) is 5.75. The number of nitrogens with one attached hydrogen (secondary N) is 2. The van der Waals surface area contributed by atoms with Crippen molar-refractivity contribution >= 4 is 10.0 Å². The summed E-state index contributed by atoms with van der Waals surface area (Å²) in [6.07, 6.45) is 1.72. The Morgan fingerprint density at radius 3 is 2.71 bits per heavy atom. The summed E-state index contributed by atoms with van der Waals surface area (Å²) in [4.78, 5) is 0. The van der Waals surface area contributed by atoms with Crippen molar-refractivity contribution in [2.24, 2.45) is 5.73 Å². The number of hydrogen-bond acceptors (Lipinski definition) is 4. The minimum absolute atomic E-state index is 0.0143. The van der Waals surface area contributed by atoms with E-state index < -0.39 is 10.0 Å². The van der Waals surface area contributed by atoms with E-state index in [9.17, 15) is 8.42 Å². The molecular weight excluding hydrogens is 240 g/mol. The Morgan fingerprint density at radius 1 is 1.53 bits per heavy atom. The van der Waals surface area contributed by atoms with Crippen molar-refractivity contribution in [3.05, 3.63) is 11.3 Å². The third-order valence-electron chi connectivity index (χ3n) is 2.57. The Bertz CT molecular complexity index is 467. The topological polar surface area (TPSA) is 101 Å². The Morgan fingerprint density at radius 2 is 2.18 bits per heavy atom. The Hall–Kier alpha value is -0.920. The van der Waals surface area contributed by atoms with Crippen LogP contribution < -0.4 is 10.5 Å². The third-order valence-corrected chi connectivity index (χ3v) is 4.13. The molecule has 0 saturated heterocycles. The molecule has 17 heavy (non-hydrogen) atoms. The molecule has 0 aliphatic carbocycles. The second kappa shape index (κ2) is 5.61. The number of H-pyrrole nitrogens is 1. The first-order valence-electron chi connectivity index (χ1n) is 5.68. The number of rotatable bonds is 6. The van der Waals surface area contributed by atoms with Crippen molar-refractivity contribution in [2.45, 2.75) is 51.2 Å². The molecule has 1 unspecified atom stereocenters. The number of sulfonamides is 1. The van der Waals surface area contributed by atoms with Crippen LogP contribution in [0.3, 0.4) is 0 Å². The lowest BCUT2D eigenvalue weighted by Gasteiger charge is -2.12. The molecule has 1 aromatic heterocycles. The first kappa shape index (κ1) is 14.1. The lowest BCUT2D eigenvalue weighted by atomic mass is 10.2. The van der Waals surface area contributed by atoms with Crippen molar-refractivity contribution in [2.75, 3.05) is 0 Å². The fraction of sp³-hybridized carbons (Fsp3) is 0.700. The zero-order chi connectivity index (χ0) is 13.1. The van der Waals surface area contributed by atoms with E-state index in [0.717, 1.165) is 12.8 Å². The number of aromatic nitrogens is 2. The van der Waals surface area contributed by atoms with E-state index in [2.05, 4.69) is 14.9 Å². The number of aromatic amines is 1. The Labute approximate surface area is 102 Å². The number of aryl methyl sites for hydroxylation is 1. The summed E-state index contributed by atoms with van der Waals surface area (Å²) in [5.41, 5.74) is 6.76. The molecular formula is C10H20N4O2S. The van der Waals surface area contributed by atoms with Gasteiger partial charge in [0.05, 0.1) is 0 Å². The molecule has 0 aliphatic heterocycles. The van der Waals surface area contributed by atoms with Crippen molar-refractivity contribution in [3.8, 4) is 0 Å². The molecule has 0 amide bonds. The summed E-state index contributed by atoms with van der Waals surface area (Å²) in [6, 6.07) is -0.104. The average molecular weight is 260 g/mol. The van der Waals surface area contributed by atoms with E-state index >= 15 is 0 Å². The van der Waals surface area contributed by atoms with E-state index in [1.807, 2.05) is 13.8 Å². The van der Waals surface area contributed by atoms with E-state index in [0.29, 0.717) is 11.3 Å². The van der Waals surface area contributed by atoms with Crippen LogP contribution in [-0.4, -0.2) is 24.7 Å². The van der Waals surface area contributed by atoms with Crippen LogP contribution in [0, 0.1) is 6.92 Å². The summed E-state index contributed by atoms with van der Waals surface area (Å²) < 4.78 is 26.7. The van der Waals surface area contributed by atoms with Crippen molar-refractivity contribution in [1.29, 1.82) is 0 Å². The summed E-state index contributed by atoms with van der Waals surface area (Å²) in [5.74, 6) is 0. The maximum absolute atomic E-state index is 12.1. The number of nitrogens with zero attached hydrogens (tertiary/aromatic N) is 1. The van der Waals surface area contributed by atoms with E-state index in [1.165, 1.54) is 0 Å². The largest absolute Gasteiger partial charge is 0.326 e. The van der Waals surface area contributed by atoms with E-state index in [-0.39, 0.29) is 17.6 Å². The van der Waals surface area contributed by atoms with Crippen LogP contribution in [0.4, 0.5) is 0 Å². The van der Waals surface area contributed by atoms with Crippen molar-refractivity contribution in [3.63, 3.8) is 0 Å². The highest BCUT2D eigenvalue weighted by atomic mass is 32.2. The van der Waals surface area contributed by atoms with Gasteiger partial charge in [0.15, 0.2) is 5.03 Å². The zero-order valence-corrected chi connectivity index (χ0v) is 11.3. The summed E-state index contributed by atoms with van der Waals surface area (Å²) >= 11 is 0. The van der Waals surface area contributed by atoms with Gasteiger partial charge in [-0.2, -0.15) is 5.10 Å². The first-order chi connectivity index (χ1) is 7.92. The van der Waals surface area contributed by atoms with Gasteiger partial charge >= 0.3 is 0 Å². The van der Waals surface area contributed by atoms with Gasteiger partial charge in [-0.3, -0.25) is 5.10 Å². The lowest BCUT2D eigenvalue weighted by Crippen LogP contribution is -2.33. The highest BCUT2D eigenvalue weighted by molar-refractivity contribution is 7.89. The predicted octanol–water partition coefficient (Wildman–Crippen LogP) is 0.644. The molecule has 1 heterocycles. The third kappa shape index (κ3) is 3.27. The van der Waals surface area contributed by atoms with Gasteiger partial charge in [0.1, 0.15) is 0 Å². The van der Waals surface area contributed by atoms with E-state index in [4.69, 9.17) is 5.73 Å². The van der Waals surface area contributed by atoms with Gasteiger partial charge in [0.25, 0.3) is 10.0 Å². The van der Waals surface area contributed by atoms with Gasteiger partial charge in [-0.05, 0) is 20.3 Å². The summed E-state index contributed by atoms with van der Waals surface area (Å²) in [5, 5.41) is 6.48. The van der Waals surface area contributed by atoms with Crippen LogP contribution >= 0.6 is 0 Å². The molecule has 0 saturated carbocycles. The smallest absolute Gasteiger partial charge is 0.260 e. The van der Waals surface area contributed by atoms with Crippen LogP contribution in [0.25, 0.3) is 0 Å². The van der Waals surface area contributed by atoms with Crippen LogP contribution in [0.5, 0.6) is 0 Å². The lowest BCUT2D eigenvalue weighted by molar-refractivity contribution is 0.539. The molecule has 0 aliphatic rings. The second-order valence-electron chi connectivity index (χ2n) is 4.15. The number of nitrogens with two attached hydrogens (primary N) is 1. The molecule has 98 valence electrons. The average Bonchev–Trinajstić information content (AvgIpc) is 2.59. The molecule has 0 radical (unpaired) electrons. The molecule has 6 nitrogen and oxygen atoms in total. The van der Waals surface area contributed by atoms with Gasteiger partial charge in [0, 0.05) is 23.8 Å². The molecule has 1 atom stereocenters. The maximum atomic E-state index is 12.1. The van der Waals surface area contributed by atoms with E-state index in [1.54, 1.807) is 6.92 Å². The Kier molecular flexibility index (Phi) is 4.67. The second-order valence-corrected chi connectivity index (χ2v) is 5.78. The quantitative estimate of drug-likeness (QED) is 0.698. The van der Waals surface area contributed by atoms with Crippen LogP contribution in [0.15, 0.2) is 5.03 Å². The number of hydrogen-bond donors (Lipinski definition) is 3. The molecule has 0 fully saturated rings. The molecule has 1 rings (SSSR count). The highest BCUT2D eigenvalue weighted by Crippen LogP contribution is 2.16. The summed E-state index contributed by atoms with van der Waals surface area (Å²) in [7, 11) is -3.58. The monoisotopic (exact) mass is 260 g/mol. The zero-order valence-electron chi connectivity index (χ0n) is 10.4. The van der Waals surface area contributed by atoms with Gasteiger partial charge < -0.3 is 5.73 Å². The standard InChI is InChI=1S/C10H20N4O2S/c1-4-5-7(2)14-17(15,16)10-9(6-11)8(3)12-13-10/h7,14H,4-6,11H2,1-3H3,(H,12,13). The molecule has 7 heteroatoms. The molecule has 0 bridgehead atoms. The van der Waals surface area contributed by atoms with Crippen LogP contribution in [-0.2, 0) is 16.6 Å². The van der Waals surface area contributed by atoms with Crippen molar-refractivity contribution in [1.82, 2.24) is 14.9 Å². The molecule has 0 aromatic carbocycles. The Balaban J connectivity index is 2.97. The SMILES string of the molecule is CCCC(C)NS(=O)(=O)c1n[nH]c(C)c1CN.